The van der Waals surface area contributed by atoms with Crippen molar-refractivity contribution in [2.75, 3.05) is 31.1 Å². The molecule has 0 atom stereocenters. The highest BCUT2D eigenvalue weighted by molar-refractivity contribution is 9.10. The van der Waals surface area contributed by atoms with Crippen molar-refractivity contribution in [2.24, 2.45) is 0 Å². The van der Waals surface area contributed by atoms with E-state index in [1.165, 1.54) is 52.8 Å². The minimum atomic E-state index is -0.0288. The summed E-state index contributed by atoms with van der Waals surface area (Å²) in [6, 6.07) is 16.2. The molecule has 0 unspecified atom stereocenters. The monoisotopic (exact) mass is 512 g/mol. The molecule has 0 N–H and O–H groups in total. The van der Waals surface area contributed by atoms with Gasteiger partial charge in [0.25, 0.3) is 0 Å². The molecule has 0 radical (unpaired) electrons. The molecule has 164 valence electrons. The molecule has 1 aliphatic carbocycles. The fourth-order valence-corrected chi connectivity index (χ4v) is 5.92. The second kappa shape index (κ2) is 9.79. The molecular weight excluding hydrogens is 483 g/mol. The lowest BCUT2D eigenvalue weighted by molar-refractivity contribution is -0.0777. The van der Waals surface area contributed by atoms with Crippen molar-refractivity contribution in [3.05, 3.63) is 63.6 Å². The van der Waals surface area contributed by atoms with Crippen molar-refractivity contribution >= 4 is 46.4 Å². The SMILES string of the molecule is Cc1cccc(N2CCN(C3CCC4(CC3)OCc3c(Br)cccc34)CC2)c1.Cl.Cl. The molecule has 0 bridgehead atoms. The van der Waals surface area contributed by atoms with Gasteiger partial charge in [-0.3, -0.25) is 4.90 Å². The van der Waals surface area contributed by atoms with Gasteiger partial charge in [-0.15, -0.1) is 24.8 Å². The van der Waals surface area contributed by atoms with Crippen LogP contribution in [0.2, 0.25) is 0 Å². The molecule has 1 saturated heterocycles. The zero-order valence-electron chi connectivity index (χ0n) is 17.5. The standard InChI is InChI=1S/C24H29BrN2O.2ClH/c1-18-4-2-5-20(16-18)27-14-12-26(13-15-27)19-8-10-24(11-9-19)22-6-3-7-23(25)21(22)17-28-24;;/h2-7,16,19H,8-15,17H2,1H3;2*1H. The summed E-state index contributed by atoms with van der Waals surface area (Å²) in [7, 11) is 0. The molecule has 3 aliphatic rings. The zero-order chi connectivity index (χ0) is 19.1. The van der Waals surface area contributed by atoms with Crippen molar-refractivity contribution in [3.8, 4) is 0 Å². The third kappa shape index (κ3) is 4.40. The molecule has 2 aromatic rings. The summed E-state index contributed by atoms with van der Waals surface area (Å²) in [5.74, 6) is 0. The highest BCUT2D eigenvalue weighted by Gasteiger charge is 2.44. The van der Waals surface area contributed by atoms with Gasteiger partial charge in [0.1, 0.15) is 0 Å². The fraction of sp³-hybridized carbons (Fsp3) is 0.500. The van der Waals surface area contributed by atoms with Crippen molar-refractivity contribution in [2.45, 2.75) is 50.9 Å². The Labute approximate surface area is 201 Å². The Hall–Kier alpha value is -0.780. The molecule has 0 aromatic heterocycles. The molecular formula is C24H31BrCl2N2O. The number of ether oxygens (including phenoxy) is 1. The van der Waals surface area contributed by atoms with Gasteiger partial charge in [-0.05, 0) is 67.5 Å². The molecule has 0 amide bonds. The van der Waals surface area contributed by atoms with Gasteiger partial charge in [0.2, 0.25) is 0 Å². The summed E-state index contributed by atoms with van der Waals surface area (Å²) in [5, 5.41) is 0. The van der Waals surface area contributed by atoms with Crippen LogP contribution in [0.1, 0.15) is 42.4 Å². The Bertz CT molecular complexity index is 862. The van der Waals surface area contributed by atoms with Gasteiger partial charge >= 0.3 is 0 Å². The predicted octanol–water partition coefficient (Wildman–Crippen LogP) is 6.09. The number of nitrogens with zero attached hydrogens (tertiary/aromatic N) is 2. The second-order valence-corrected chi connectivity index (χ2v) is 9.50. The van der Waals surface area contributed by atoms with Gasteiger partial charge in [0.15, 0.2) is 0 Å². The molecule has 2 aliphatic heterocycles. The average molecular weight is 514 g/mol. The summed E-state index contributed by atoms with van der Waals surface area (Å²) in [6.07, 6.45) is 4.80. The van der Waals surface area contributed by atoms with Crippen molar-refractivity contribution < 1.29 is 4.74 Å². The number of hydrogen-bond donors (Lipinski definition) is 0. The highest BCUT2D eigenvalue weighted by Crippen LogP contribution is 2.49. The van der Waals surface area contributed by atoms with Crippen molar-refractivity contribution in [3.63, 3.8) is 0 Å². The van der Waals surface area contributed by atoms with Gasteiger partial charge in [0.05, 0.1) is 12.2 Å². The summed E-state index contributed by atoms with van der Waals surface area (Å²) in [4.78, 5) is 5.28. The third-order valence-electron chi connectivity index (χ3n) is 7.06. The van der Waals surface area contributed by atoms with Crippen molar-refractivity contribution in [1.29, 1.82) is 0 Å². The quantitative estimate of drug-likeness (QED) is 0.483. The van der Waals surface area contributed by atoms with Crippen LogP contribution in [-0.4, -0.2) is 37.1 Å². The Kier molecular flexibility index (Phi) is 7.79. The topological polar surface area (TPSA) is 15.7 Å². The van der Waals surface area contributed by atoms with E-state index in [1.807, 2.05) is 0 Å². The zero-order valence-corrected chi connectivity index (χ0v) is 20.7. The normalized spacial score (nSPS) is 26.1. The second-order valence-electron chi connectivity index (χ2n) is 8.64. The fourth-order valence-electron chi connectivity index (χ4n) is 5.44. The van der Waals surface area contributed by atoms with E-state index in [9.17, 15) is 0 Å². The molecule has 1 saturated carbocycles. The van der Waals surface area contributed by atoms with E-state index in [0.29, 0.717) is 6.04 Å². The summed E-state index contributed by atoms with van der Waals surface area (Å²) in [6.45, 7) is 7.56. The lowest BCUT2D eigenvalue weighted by Crippen LogP contribution is -2.52. The largest absolute Gasteiger partial charge is 0.369 e. The Morgan fingerprint density at radius 2 is 1.67 bits per heavy atom. The average Bonchev–Trinajstić information content (AvgIpc) is 3.08. The first-order valence-corrected chi connectivity index (χ1v) is 11.4. The number of aryl methyl sites for hydroxylation is 1. The van der Waals surface area contributed by atoms with Crippen LogP contribution in [0.3, 0.4) is 0 Å². The smallest absolute Gasteiger partial charge is 0.0940 e. The first kappa shape index (κ1) is 23.9. The summed E-state index contributed by atoms with van der Waals surface area (Å²) < 4.78 is 7.60. The summed E-state index contributed by atoms with van der Waals surface area (Å²) in [5.41, 5.74) is 5.50. The third-order valence-corrected chi connectivity index (χ3v) is 7.81. The number of benzene rings is 2. The number of halogens is 3. The molecule has 3 nitrogen and oxygen atoms in total. The highest BCUT2D eigenvalue weighted by atomic mass is 79.9. The molecule has 2 fully saturated rings. The first-order valence-electron chi connectivity index (χ1n) is 10.6. The number of anilines is 1. The summed E-state index contributed by atoms with van der Waals surface area (Å²) >= 11 is 3.71. The number of fused-ring (bicyclic) bond motifs is 2. The van der Waals surface area contributed by atoms with E-state index in [1.54, 1.807) is 0 Å². The van der Waals surface area contributed by atoms with Crippen LogP contribution in [0.5, 0.6) is 0 Å². The molecule has 5 rings (SSSR count). The molecule has 2 aromatic carbocycles. The minimum absolute atomic E-state index is 0. The van der Waals surface area contributed by atoms with E-state index in [2.05, 4.69) is 75.1 Å². The van der Waals surface area contributed by atoms with Crippen LogP contribution < -0.4 is 4.90 Å². The first-order chi connectivity index (χ1) is 13.6. The maximum Gasteiger partial charge on any atom is 0.0940 e. The molecule has 1 spiro atoms. The van der Waals surface area contributed by atoms with Crippen LogP contribution in [0.4, 0.5) is 5.69 Å². The maximum absolute atomic E-state index is 6.40. The lowest BCUT2D eigenvalue weighted by atomic mass is 9.77. The molecule has 6 heteroatoms. The predicted molar refractivity (Wildman–Crippen MR) is 132 cm³/mol. The van der Waals surface area contributed by atoms with E-state index in [0.717, 1.165) is 32.5 Å². The Morgan fingerprint density at radius 3 is 2.37 bits per heavy atom. The van der Waals surface area contributed by atoms with E-state index < -0.39 is 0 Å². The number of rotatable bonds is 2. The van der Waals surface area contributed by atoms with Gasteiger partial charge in [-0.1, -0.05) is 40.2 Å². The Morgan fingerprint density at radius 1 is 0.967 bits per heavy atom. The number of piperazine rings is 1. The molecule has 2 heterocycles. The Balaban J connectivity index is 0.00000128. The van der Waals surface area contributed by atoms with E-state index in [-0.39, 0.29) is 30.4 Å². The van der Waals surface area contributed by atoms with Crippen LogP contribution in [0.25, 0.3) is 0 Å². The van der Waals surface area contributed by atoms with Crippen LogP contribution in [-0.2, 0) is 16.9 Å². The van der Waals surface area contributed by atoms with Crippen molar-refractivity contribution in [1.82, 2.24) is 4.90 Å². The minimum Gasteiger partial charge on any atom is -0.369 e. The van der Waals surface area contributed by atoms with E-state index in [4.69, 9.17) is 4.74 Å². The van der Waals surface area contributed by atoms with Gasteiger partial charge in [-0.25, -0.2) is 0 Å². The van der Waals surface area contributed by atoms with Gasteiger partial charge in [0, 0.05) is 42.4 Å². The van der Waals surface area contributed by atoms with Crippen LogP contribution in [0, 0.1) is 6.92 Å². The lowest BCUT2D eigenvalue weighted by Gasteiger charge is -2.45. The maximum atomic E-state index is 6.40. The van der Waals surface area contributed by atoms with Crippen LogP contribution in [0.15, 0.2) is 46.9 Å². The van der Waals surface area contributed by atoms with E-state index >= 15 is 0 Å². The van der Waals surface area contributed by atoms with Crippen LogP contribution >= 0.6 is 40.7 Å². The number of hydrogen-bond acceptors (Lipinski definition) is 3. The van der Waals surface area contributed by atoms with Gasteiger partial charge < -0.3 is 9.64 Å². The molecule has 30 heavy (non-hydrogen) atoms. The van der Waals surface area contributed by atoms with Gasteiger partial charge in [-0.2, -0.15) is 0 Å².